The van der Waals surface area contributed by atoms with Crippen molar-refractivity contribution in [1.82, 2.24) is 14.8 Å². The first-order chi connectivity index (χ1) is 14.0. The number of thioether (sulfide) groups is 1. The predicted molar refractivity (Wildman–Crippen MR) is 117 cm³/mol. The summed E-state index contributed by atoms with van der Waals surface area (Å²) in [5.41, 5.74) is 3.68. The van der Waals surface area contributed by atoms with E-state index in [1.807, 2.05) is 44.2 Å². The second-order valence-electron chi connectivity index (χ2n) is 6.32. The number of nitrogens with zero attached hydrogens (tertiary/aromatic N) is 3. The van der Waals surface area contributed by atoms with Gasteiger partial charge < -0.3 is 19.4 Å². The van der Waals surface area contributed by atoms with Gasteiger partial charge in [0.1, 0.15) is 5.75 Å². The molecule has 0 saturated carbocycles. The summed E-state index contributed by atoms with van der Waals surface area (Å²) in [6.07, 6.45) is 0. The molecule has 0 fully saturated rings. The van der Waals surface area contributed by atoms with Gasteiger partial charge in [-0.2, -0.15) is 0 Å². The van der Waals surface area contributed by atoms with Crippen LogP contribution in [0.4, 0.5) is 5.13 Å². The maximum Gasteiger partial charge on any atom is 0.206 e. The minimum absolute atomic E-state index is 0.0759. The number of ketones is 1. The van der Waals surface area contributed by atoms with Crippen molar-refractivity contribution in [3.05, 3.63) is 47.3 Å². The minimum Gasteiger partial charge on any atom is -0.497 e. The van der Waals surface area contributed by atoms with Crippen molar-refractivity contribution in [2.24, 2.45) is 0 Å². The number of aryl methyl sites for hydroxylation is 1. The minimum atomic E-state index is 0.0759. The third-order valence-corrected chi connectivity index (χ3v) is 6.39. The Labute approximate surface area is 178 Å². The van der Waals surface area contributed by atoms with Crippen LogP contribution in [0.5, 0.6) is 5.75 Å². The number of nitrogens with one attached hydrogen (secondary N) is 1. The topological polar surface area (TPSA) is 78.3 Å². The number of hydrogen-bond donors (Lipinski definition) is 1. The zero-order chi connectivity index (χ0) is 20.8. The smallest absolute Gasteiger partial charge is 0.206 e. The summed E-state index contributed by atoms with van der Waals surface area (Å²) in [4.78, 5) is 12.8. The summed E-state index contributed by atoms with van der Waals surface area (Å²) in [7, 11) is 3.30. The molecule has 0 aliphatic carbocycles. The van der Waals surface area contributed by atoms with Crippen molar-refractivity contribution >= 4 is 34.0 Å². The number of ether oxygens (including phenoxy) is 2. The van der Waals surface area contributed by atoms with Gasteiger partial charge in [0.25, 0.3) is 0 Å². The number of aromatic nitrogens is 3. The molecule has 7 nitrogen and oxygen atoms in total. The van der Waals surface area contributed by atoms with Crippen LogP contribution in [0.15, 0.2) is 34.7 Å². The first-order valence-electron chi connectivity index (χ1n) is 9.09. The Hall–Kier alpha value is -2.36. The van der Waals surface area contributed by atoms with Gasteiger partial charge in [-0.25, -0.2) is 0 Å². The Balaban J connectivity index is 1.67. The van der Waals surface area contributed by atoms with Crippen LogP contribution in [0.3, 0.4) is 0 Å². The van der Waals surface area contributed by atoms with Crippen molar-refractivity contribution in [3.8, 4) is 11.4 Å². The van der Waals surface area contributed by atoms with Gasteiger partial charge in [-0.3, -0.25) is 4.79 Å². The van der Waals surface area contributed by atoms with E-state index in [4.69, 9.17) is 9.47 Å². The maximum atomic E-state index is 12.8. The van der Waals surface area contributed by atoms with Crippen molar-refractivity contribution in [2.75, 3.05) is 38.4 Å². The van der Waals surface area contributed by atoms with Crippen molar-refractivity contribution in [2.45, 2.75) is 18.2 Å². The molecule has 154 valence electrons. The second-order valence-corrected chi connectivity index (χ2v) is 8.52. The zero-order valence-corrected chi connectivity index (χ0v) is 18.5. The number of methoxy groups -OCH3 is 2. The average molecular weight is 433 g/mol. The largest absolute Gasteiger partial charge is 0.497 e. The number of hydrogen-bond acceptors (Lipinski definition) is 8. The molecule has 0 radical (unpaired) electrons. The normalized spacial score (nSPS) is 10.9. The van der Waals surface area contributed by atoms with Gasteiger partial charge in [0.15, 0.2) is 10.1 Å². The van der Waals surface area contributed by atoms with Crippen molar-refractivity contribution < 1.29 is 14.3 Å². The molecule has 0 aliphatic rings. The summed E-state index contributed by atoms with van der Waals surface area (Å²) >= 11 is 2.84. The van der Waals surface area contributed by atoms with Crippen LogP contribution in [0, 0.1) is 13.8 Å². The lowest BCUT2D eigenvalue weighted by molar-refractivity contribution is 0.102. The number of carbonyl (C=O) groups is 1. The molecule has 2 aromatic heterocycles. The molecule has 9 heteroatoms. The molecule has 0 amide bonds. The monoisotopic (exact) mass is 432 g/mol. The van der Waals surface area contributed by atoms with E-state index in [0.29, 0.717) is 18.9 Å². The van der Waals surface area contributed by atoms with E-state index in [-0.39, 0.29) is 5.78 Å². The molecule has 3 rings (SSSR count). The van der Waals surface area contributed by atoms with Crippen LogP contribution in [0.2, 0.25) is 0 Å². The summed E-state index contributed by atoms with van der Waals surface area (Å²) < 4.78 is 13.1. The quantitative estimate of drug-likeness (QED) is 0.295. The molecular formula is C20H24N4O3S2. The van der Waals surface area contributed by atoms with Gasteiger partial charge in [0, 0.05) is 36.3 Å². The molecule has 0 unspecified atom stereocenters. The zero-order valence-electron chi connectivity index (χ0n) is 16.9. The molecule has 0 atom stereocenters. The third-order valence-electron chi connectivity index (χ3n) is 4.38. The lowest BCUT2D eigenvalue weighted by Crippen LogP contribution is -2.06. The van der Waals surface area contributed by atoms with E-state index in [2.05, 4.69) is 20.1 Å². The third kappa shape index (κ3) is 5.17. The Kier molecular flexibility index (Phi) is 7.29. The Bertz CT molecular complexity index is 967. The number of benzene rings is 1. The highest BCUT2D eigenvalue weighted by atomic mass is 32.2. The highest BCUT2D eigenvalue weighted by molar-refractivity contribution is 8.01. The molecule has 1 aromatic carbocycles. The van der Waals surface area contributed by atoms with Crippen LogP contribution in [-0.2, 0) is 4.74 Å². The van der Waals surface area contributed by atoms with Crippen molar-refractivity contribution in [1.29, 1.82) is 0 Å². The fourth-order valence-electron chi connectivity index (χ4n) is 2.98. The predicted octanol–water partition coefficient (Wildman–Crippen LogP) is 3.99. The van der Waals surface area contributed by atoms with Gasteiger partial charge >= 0.3 is 0 Å². The summed E-state index contributed by atoms with van der Waals surface area (Å²) in [5.74, 6) is 1.20. The van der Waals surface area contributed by atoms with Crippen LogP contribution in [0.1, 0.15) is 21.7 Å². The molecule has 0 aliphatic heterocycles. The second kappa shape index (κ2) is 9.91. The van der Waals surface area contributed by atoms with Crippen molar-refractivity contribution in [3.63, 3.8) is 0 Å². The molecule has 1 N–H and O–H groups in total. The van der Waals surface area contributed by atoms with E-state index in [0.717, 1.165) is 37.9 Å². The van der Waals surface area contributed by atoms with Crippen LogP contribution < -0.4 is 10.1 Å². The van der Waals surface area contributed by atoms with Crippen LogP contribution >= 0.6 is 23.1 Å². The van der Waals surface area contributed by atoms with Crippen LogP contribution in [0.25, 0.3) is 5.69 Å². The van der Waals surface area contributed by atoms with E-state index in [9.17, 15) is 4.79 Å². The van der Waals surface area contributed by atoms with E-state index < -0.39 is 0 Å². The molecule has 2 heterocycles. The lowest BCUT2D eigenvalue weighted by atomic mass is 10.2. The Morgan fingerprint density at radius 1 is 1.21 bits per heavy atom. The van der Waals surface area contributed by atoms with Gasteiger partial charge in [-0.15, -0.1) is 10.2 Å². The van der Waals surface area contributed by atoms with Gasteiger partial charge in [-0.1, -0.05) is 23.1 Å². The average Bonchev–Trinajstić information content (AvgIpc) is 3.30. The van der Waals surface area contributed by atoms with E-state index in [1.165, 1.54) is 23.1 Å². The maximum absolute atomic E-state index is 12.8. The Morgan fingerprint density at radius 3 is 2.66 bits per heavy atom. The first kappa shape index (κ1) is 21.4. The summed E-state index contributed by atoms with van der Waals surface area (Å²) in [6.45, 7) is 5.25. The highest BCUT2D eigenvalue weighted by Crippen LogP contribution is 2.28. The SMILES string of the molecule is COCCNc1nnc(SCC(=O)c2cc(C)n(-c3ccc(OC)cc3)c2C)s1. The fourth-order valence-corrected chi connectivity index (χ4v) is 4.64. The molecule has 0 saturated heterocycles. The van der Waals surface area contributed by atoms with Gasteiger partial charge in [0.2, 0.25) is 5.13 Å². The molecule has 0 bridgehead atoms. The number of Topliss-reactive ketones (excluding diaryl/α,β-unsaturated/α-hetero) is 1. The van der Waals surface area contributed by atoms with Crippen LogP contribution in [-0.4, -0.2) is 53.7 Å². The first-order valence-corrected chi connectivity index (χ1v) is 10.9. The highest BCUT2D eigenvalue weighted by Gasteiger charge is 2.18. The van der Waals surface area contributed by atoms with Gasteiger partial charge in [-0.05, 0) is 44.2 Å². The molecule has 29 heavy (non-hydrogen) atoms. The molecule has 3 aromatic rings. The van der Waals surface area contributed by atoms with E-state index >= 15 is 0 Å². The summed E-state index contributed by atoms with van der Waals surface area (Å²) in [6, 6.07) is 9.75. The Morgan fingerprint density at radius 2 is 1.97 bits per heavy atom. The number of carbonyl (C=O) groups excluding carboxylic acids is 1. The van der Waals surface area contributed by atoms with Gasteiger partial charge in [0.05, 0.1) is 19.5 Å². The lowest BCUT2D eigenvalue weighted by Gasteiger charge is -2.10. The van der Waals surface area contributed by atoms with E-state index in [1.54, 1.807) is 14.2 Å². The molecule has 0 spiro atoms. The number of anilines is 1. The fraction of sp³-hybridized carbons (Fsp3) is 0.350. The summed E-state index contributed by atoms with van der Waals surface area (Å²) in [5, 5.41) is 12.1. The molecular weight excluding hydrogens is 408 g/mol. The number of rotatable bonds is 10. The standard InChI is InChI=1S/C20H24N4O3S2/c1-13-11-17(14(2)24(13)15-5-7-16(27-4)8-6-15)18(25)12-28-20-23-22-19(29-20)21-9-10-26-3/h5-8,11H,9-10,12H2,1-4H3,(H,21,22).